The SMILES string of the molecule is COc1cc(C(=O)NCC(=O)N/N=C/c2cc(I)cc(I)c2O)cc(OC)c1OC. The number of carbonyl (C=O) groups excluding carboxylic acids is 2. The Morgan fingerprint density at radius 3 is 2.27 bits per heavy atom. The lowest BCUT2D eigenvalue weighted by atomic mass is 10.1. The Morgan fingerprint density at radius 2 is 1.70 bits per heavy atom. The molecule has 2 aromatic rings. The number of hydrazone groups is 1. The minimum Gasteiger partial charge on any atom is -0.506 e. The predicted octanol–water partition coefficient (Wildman–Crippen LogP) is 2.51. The molecule has 0 bridgehead atoms. The normalized spacial score (nSPS) is 10.6. The first-order chi connectivity index (χ1) is 14.3. The minimum atomic E-state index is -0.535. The van der Waals surface area contributed by atoms with Gasteiger partial charge in [0, 0.05) is 14.7 Å². The highest BCUT2D eigenvalue weighted by Crippen LogP contribution is 2.38. The van der Waals surface area contributed by atoms with Gasteiger partial charge in [-0.2, -0.15) is 5.10 Å². The summed E-state index contributed by atoms with van der Waals surface area (Å²) in [5.74, 6) is 0.0397. The molecule has 0 heterocycles. The van der Waals surface area contributed by atoms with Crippen LogP contribution in [-0.2, 0) is 4.79 Å². The molecule has 0 atom stereocenters. The van der Waals surface area contributed by atoms with Gasteiger partial charge in [0.05, 0.1) is 37.7 Å². The zero-order valence-corrected chi connectivity index (χ0v) is 20.6. The summed E-state index contributed by atoms with van der Waals surface area (Å²) >= 11 is 4.12. The third-order valence-electron chi connectivity index (χ3n) is 3.79. The fourth-order valence-electron chi connectivity index (χ4n) is 2.37. The number of carbonyl (C=O) groups is 2. The van der Waals surface area contributed by atoms with E-state index in [1.165, 1.54) is 39.7 Å². The van der Waals surface area contributed by atoms with Crippen LogP contribution in [0.15, 0.2) is 29.4 Å². The fraction of sp³-hybridized carbons (Fsp3) is 0.211. The molecule has 0 radical (unpaired) electrons. The molecular formula is C19H19I2N3O6. The van der Waals surface area contributed by atoms with E-state index in [-0.39, 0.29) is 17.9 Å². The number of ether oxygens (including phenoxy) is 3. The topological polar surface area (TPSA) is 118 Å². The number of halogens is 2. The Balaban J connectivity index is 1.99. The molecule has 11 heteroatoms. The van der Waals surface area contributed by atoms with Gasteiger partial charge in [0.15, 0.2) is 11.5 Å². The molecule has 2 amide bonds. The van der Waals surface area contributed by atoms with E-state index in [0.717, 1.165) is 3.57 Å². The maximum atomic E-state index is 12.4. The largest absolute Gasteiger partial charge is 0.506 e. The number of hydrogen-bond acceptors (Lipinski definition) is 7. The number of rotatable bonds is 8. The molecule has 0 saturated heterocycles. The zero-order chi connectivity index (χ0) is 22.3. The van der Waals surface area contributed by atoms with Crippen LogP contribution >= 0.6 is 45.2 Å². The van der Waals surface area contributed by atoms with Gasteiger partial charge >= 0.3 is 0 Å². The predicted molar refractivity (Wildman–Crippen MR) is 128 cm³/mol. The van der Waals surface area contributed by atoms with Gasteiger partial charge in [-0.15, -0.1) is 0 Å². The average molecular weight is 639 g/mol. The number of phenols is 1. The third-order valence-corrected chi connectivity index (χ3v) is 5.23. The van der Waals surface area contributed by atoms with Crippen LogP contribution in [0.2, 0.25) is 0 Å². The van der Waals surface area contributed by atoms with Crippen molar-refractivity contribution in [3.63, 3.8) is 0 Å². The maximum absolute atomic E-state index is 12.4. The first-order valence-electron chi connectivity index (χ1n) is 8.38. The number of benzene rings is 2. The number of nitrogens with zero attached hydrogens (tertiary/aromatic N) is 1. The molecular weight excluding hydrogens is 620 g/mol. The van der Waals surface area contributed by atoms with Crippen LogP contribution in [0.4, 0.5) is 0 Å². The first-order valence-corrected chi connectivity index (χ1v) is 10.5. The summed E-state index contributed by atoms with van der Waals surface area (Å²) in [7, 11) is 4.34. The van der Waals surface area contributed by atoms with Gasteiger partial charge in [0.2, 0.25) is 5.75 Å². The monoisotopic (exact) mass is 639 g/mol. The summed E-state index contributed by atoms with van der Waals surface area (Å²) < 4.78 is 17.2. The van der Waals surface area contributed by atoms with E-state index in [1.54, 1.807) is 6.07 Å². The molecule has 0 unspecified atom stereocenters. The Labute approximate surface area is 200 Å². The van der Waals surface area contributed by atoms with Gasteiger partial charge in [0.25, 0.3) is 11.8 Å². The molecule has 2 rings (SSSR count). The van der Waals surface area contributed by atoms with Crippen molar-refractivity contribution in [2.45, 2.75) is 0 Å². The lowest BCUT2D eigenvalue weighted by molar-refractivity contribution is -0.120. The molecule has 0 saturated carbocycles. The summed E-state index contributed by atoms with van der Waals surface area (Å²) in [4.78, 5) is 24.3. The second kappa shape index (κ2) is 11.2. The van der Waals surface area contributed by atoms with E-state index in [9.17, 15) is 14.7 Å². The summed E-state index contributed by atoms with van der Waals surface area (Å²) in [5, 5.41) is 16.3. The molecule has 9 nitrogen and oxygen atoms in total. The van der Waals surface area contributed by atoms with E-state index in [1.807, 2.05) is 28.7 Å². The summed E-state index contributed by atoms with van der Waals surface area (Å²) in [6.45, 7) is -0.303. The molecule has 0 aliphatic rings. The van der Waals surface area contributed by atoms with Gasteiger partial charge in [0.1, 0.15) is 5.75 Å². The highest BCUT2D eigenvalue weighted by Gasteiger charge is 2.17. The van der Waals surface area contributed by atoms with E-state index in [2.05, 4.69) is 38.4 Å². The van der Waals surface area contributed by atoms with Crippen molar-refractivity contribution in [1.29, 1.82) is 0 Å². The molecule has 0 fully saturated rings. The number of hydrogen-bond donors (Lipinski definition) is 3. The molecule has 0 aliphatic carbocycles. The van der Waals surface area contributed by atoms with E-state index >= 15 is 0 Å². The van der Waals surface area contributed by atoms with Gasteiger partial charge in [-0.3, -0.25) is 9.59 Å². The Hall–Kier alpha value is -2.29. The van der Waals surface area contributed by atoms with Gasteiger partial charge in [-0.1, -0.05) is 0 Å². The standard InChI is InChI=1S/C19H19I2N3O6/c1-28-14-5-10(6-15(29-2)18(14)30-3)19(27)22-9-16(25)24-23-8-11-4-12(20)7-13(21)17(11)26/h4-8,26H,9H2,1-3H3,(H,22,27)(H,24,25)/b23-8+. The smallest absolute Gasteiger partial charge is 0.259 e. The van der Waals surface area contributed by atoms with Gasteiger partial charge in [-0.05, 0) is 69.4 Å². The lowest BCUT2D eigenvalue weighted by Crippen LogP contribution is -2.35. The fourth-order valence-corrected chi connectivity index (χ4v) is 4.26. The number of nitrogens with one attached hydrogen (secondary N) is 2. The Kier molecular flexibility index (Phi) is 8.95. The number of amides is 2. The zero-order valence-electron chi connectivity index (χ0n) is 16.3. The van der Waals surface area contributed by atoms with E-state index < -0.39 is 11.8 Å². The van der Waals surface area contributed by atoms with Crippen molar-refractivity contribution in [1.82, 2.24) is 10.7 Å². The molecule has 160 valence electrons. The second-order valence-electron chi connectivity index (χ2n) is 5.72. The number of aromatic hydroxyl groups is 1. The van der Waals surface area contributed by atoms with Crippen LogP contribution in [0.5, 0.6) is 23.0 Å². The second-order valence-corrected chi connectivity index (χ2v) is 8.12. The lowest BCUT2D eigenvalue weighted by Gasteiger charge is -2.14. The highest BCUT2D eigenvalue weighted by molar-refractivity contribution is 14.1. The number of phenolic OH excluding ortho intramolecular Hbond substituents is 1. The Bertz CT molecular complexity index is 956. The van der Waals surface area contributed by atoms with Gasteiger partial charge in [-0.25, -0.2) is 5.43 Å². The van der Waals surface area contributed by atoms with Crippen molar-refractivity contribution >= 4 is 63.2 Å². The third kappa shape index (κ3) is 6.10. The maximum Gasteiger partial charge on any atom is 0.259 e. The Morgan fingerprint density at radius 1 is 1.07 bits per heavy atom. The molecule has 0 aliphatic heterocycles. The van der Waals surface area contributed by atoms with Crippen molar-refractivity contribution in [3.05, 3.63) is 42.5 Å². The van der Waals surface area contributed by atoms with Crippen LogP contribution in [0, 0.1) is 7.14 Å². The molecule has 30 heavy (non-hydrogen) atoms. The average Bonchev–Trinajstić information content (AvgIpc) is 2.73. The summed E-state index contributed by atoms with van der Waals surface area (Å²) in [5.41, 5.74) is 3.00. The highest BCUT2D eigenvalue weighted by atomic mass is 127. The first kappa shape index (κ1) is 24.0. The van der Waals surface area contributed by atoms with E-state index in [0.29, 0.717) is 26.4 Å². The van der Waals surface area contributed by atoms with E-state index in [4.69, 9.17) is 14.2 Å². The molecule has 0 spiro atoms. The van der Waals surface area contributed by atoms with Crippen LogP contribution in [0.1, 0.15) is 15.9 Å². The molecule has 0 aromatic heterocycles. The van der Waals surface area contributed by atoms with Gasteiger partial charge < -0.3 is 24.6 Å². The summed E-state index contributed by atoms with van der Waals surface area (Å²) in [6, 6.07) is 6.49. The van der Waals surface area contributed by atoms with Crippen LogP contribution in [-0.4, -0.2) is 51.0 Å². The minimum absolute atomic E-state index is 0.0738. The van der Waals surface area contributed by atoms with Crippen LogP contribution in [0.25, 0.3) is 0 Å². The van der Waals surface area contributed by atoms with Crippen LogP contribution < -0.4 is 25.0 Å². The molecule has 2 aromatic carbocycles. The number of methoxy groups -OCH3 is 3. The van der Waals surface area contributed by atoms with Crippen molar-refractivity contribution in [2.24, 2.45) is 5.10 Å². The van der Waals surface area contributed by atoms with Crippen molar-refractivity contribution in [2.75, 3.05) is 27.9 Å². The summed E-state index contributed by atoms with van der Waals surface area (Å²) in [6.07, 6.45) is 1.33. The quantitative estimate of drug-likeness (QED) is 0.232. The van der Waals surface area contributed by atoms with Crippen LogP contribution in [0.3, 0.4) is 0 Å². The van der Waals surface area contributed by atoms with Crippen molar-refractivity contribution < 1.29 is 28.9 Å². The molecule has 3 N–H and O–H groups in total. The van der Waals surface area contributed by atoms with Crippen molar-refractivity contribution in [3.8, 4) is 23.0 Å².